The maximum absolute atomic E-state index is 13.0. The van der Waals surface area contributed by atoms with Crippen LogP contribution in [0.25, 0.3) is 11.1 Å². The number of esters is 1. The van der Waals surface area contributed by atoms with Crippen LogP contribution in [0.2, 0.25) is 0 Å². The third-order valence-electron chi connectivity index (χ3n) is 5.01. The molecule has 2 N–H and O–H groups in total. The number of nitrogens with one attached hydrogen (secondary N) is 2. The first-order valence-corrected chi connectivity index (χ1v) is 10.2. The first-order chi connectivity index (χ1) is 14.8. The highest BCUT2D eigenvalue weighted by molar-refractivity contribution is 6.43. The summed E-state index contributed by atoms with van der Waals surface area (Å²) in [7, 11) is 0. The molecule has 0 saturated carbocycles. The minimum absolute atomic E-state index is 0.0748. The predicted molar refractivity (Wildman–Crippen MR) is 119 cm³/mol. The van der Waals surface area contributed by atoms with Crippen LogP contribution in [0.1, 0.15) is 50.2 Å². The van der Waals surface area contributed by atoms with Gasteiger partial charge in [-0.1, -0.05) is 59.7 Å². The average molecular weight is 418 g/mol. The highest BCUT2D eigenvalue weighted by Crippen LogP contribution is 2.31. The Bertz CT molecular complexity index is 1110. The van der Waals surface area contributed by atoms with Crippen molar-refractivity contribution in [2.45, 2.75) is 34.2 Å². The van der Waals surface area contributed by atoms with Crippen molar-refractivity contribution < 1.29 is 19.1 Å². The molecule has 2 aromatic carbocycles. The van der Waals surface area contributed by atoms with Gasteiger partial charge >= 0.3 is 5.97 Å². The molecule has 0 saturated heterocycles. The van der Waals surface area contributed by atoms with Gasteiger partial charge in [-0.2, -0.15) is 0 Å². The molecule has 0 aliphatic carbocycles. The number of aryl methyl sites for hydroxylation is 3. The molecule has 1 aromatic heterocycles. The molecule has 0 atom stereocenters. The van der Waals surface area contributed by atoms with Gasteiger partial charge in [-0.3, -0.25) is 9.59 Å². The molecule has 0 bridgehead atoms. The summed E-state index contributed by atoms with van der Waals surface area (Å²) in [5.74, 6) is -2.02. The monoisotopic (exact) mass is 418 g/mol. The van der Waals surface area contributed by atoms with E-state index in [1.807, 2.05) is 62.4 Å². The van der Waals surface area contributed by atoms with Crippen molar-refractivity contribution in [1.82, 2.24) is 10.3 Å². The Balaban J connectivity index is 1.95. The van der Waals surface area contributed by atoms with Gasteiger partial charge in [-0.25, -0.2) is 4.79 Å². The van der Waals surface area contributed by atoms with Crippen LogP contribution in [0.5, 0.6) is 0 Å². The number of amides is 1. The molecule has 1 amide bonds. The highest BCUT2D eigenvalue weighted by Gasteiger charge is 2.29. The van der Waals surface area contributed by atoms with E-state index < -0.39 is 17.7 Å². The second kappa shape index (κ2) is 9.43. The molecule has 3 aromatic rings. The fourth-order valence-corrected chi connectivity index (χ4v) is 3.34. The lowest BCUT2D eigenvalue weighted by molar-refractivity contribution is -0.117. The molecule has 0 spiro atoms. The number of Topliss-reactive ketones (excluding diaryl/α,β-unsaturated/α-hetero) is 1. The summed E-state index contributed by atoms with van der Waals surface area (Å²) in [6, 6.07) is 15.1. The van der Waals surface area contributed by atoms with Crippen molar-refractivity contribution >= 4 is 17.7 Å². The second-order valence-electron chi connectivity index (χ2n) is 7.46. The van der Waals surface area contributed by atoms with Crippen LogP contribution in [0.15, 0.2) is 48.5 Å². The standard InChI is InChI=1S/C25H26N2O4/c1-5-31-25(30)20-17(4)27-22(21(20)19-12-8-16(3)9-13-19)23(28)24(29)26-14-18-10-6-15(2)7-11-18/h6-13,27H,5,14H2,1-4H3,(H,26,29). The maximum Gasteiger partial charge on any atom is 0.340 e. The van der Waals surface area contributed by atoms with Crippen molar-refractivity contribution in [1.29, 1.82) is 0 Å². The number of rotatable bonds is 7. The van der Waals surface area contributed by atoms with Gasteiger partial charge in [0, 0.05) is 17.8 Å². The Kier molecular flexibility index (Phi) is 6.70. The molecule has 3 rings (SSSR count). The Labute approximate surface area is 181 Å². The molecule has 0 aliphatic heterocycles. The molecule has 31 heavy (non-hydrogen) atoms. The largest absolute Gasteiger partial charge is 0.462 e. The van der Waals surface area contributed by atoms with E-state index in [0.717, 1.165) is 16.7 Å². The number of ether oxygens (including phenoxy) is 1. The van der Waals surface area contributed by atoms with Gasteiger partial charge in [-0.05, 0) is 38.8 Å². The number of aromatic nitrogens is 1. The van der Waals surface area contributed by atoms with Crippen LogP contribution in [0.4, 0.5) is 0 Å². The Hall–Kier alpha value is -3.67. The lowest BCUT2D eigenvalue weighted by Crippen LogP contribution is -2.31. The number of hydrogen-bond donors (Lipinski definition) is 2. The molecule has 6 nitrogen and oxygen atoms in total. The summed E-state index contributed by atoms with van der Waals surface area (Å²) < 4.78 is 5.19. The third kappa shape index (κ3) is 4.91. The van der Waals surface area contributed by atoms with Gasteiger partial charge in [0.1, 0.15) is 5.69 Å². The smallest absolute Gasteiger partial charge is 0.340 e. The maximum atomic E-state index is 13.0. The molecule has 0 radical (unpaired) electrons. The van der Waals surface area contributed by atoms with E-state index in [4.69, 9.17) is 4.74 Å². The first-order valence-electron chi connectivity index (χ1n) is 10.2. The zero-order valence-corrected chi connectivity index (χ0v) is 18.2. The van der Waals surface area contributed by atoms with Crippen molar-refractivity contribution in [2.24, 2.45) is 0 Å². The molecule has 0 unspecified atom stereocenters. The molecular formula is C25H26N2O4. The summed E-state index contributed by atoms with van der Waals surface area (Å²) in [6.45, 7) is 7.77. The first kappa shape index (κ1) is 22.0. The number of ketones is 1. The Morgan fingerprint density at radius 1 is 0.903 bits per heavy atom. The fraction of sp³-hybridized carbons (Fsp3) is 0.240. The molecular weight excluding hydrogens is 392 g/mol. The van der Waals surface area contributed by atoms with E-state index in [1.54, 1.807) is 13.8 Å². The van der Waals surface area contributed by atoms with Gasteiger partial charge in [0.25, 0.3) is 11.7 Å². The van der Waals surface area contributed by atoms with E-state index >= 15 is 0 Å². The summed E-state index contributed by atoms with van der Waals surface area (Å²) in [5.41, 5.74) is 4.90. The van der Waals surface area contributed by atoms with Crippen molar-refractivity contribution in [3.63, 3.8) is 0 Å². The van der Waals surface area contributed by atoms with Crippen molar-refractivity contribution in [2.75, 3.05) is 6.61 Å². The number of carbonyl (C=O) groups excluding carboxylic acids is 3. The normalized spacial score (nSPS) is 10.6. The minimum atomic E-state index is -0.745. The van der Waals surface area contributed by atoms with Crippen LogP contribution in [-0.2, 0) is 16.1 Å². The van der Waals surface area contributed by atoms with E-state index in [-0.39, 0.29) is 24.4 Å². The quantitative estimate of drug-likeness (QED) is 0.340. The lowest BCUT2D eigenvalue weighted by Gasteiger charge is -2.09. The number of H-pyrrole nitrogens is 1. The topological polar surface area (TPSA) is 88.3 Å². The van der Waals surface area contributed by atoms with Gasteiger partial charge in [0.15, 0.2) is 0 Å². The van der Waals surface area contributed by atoms with Crippen LogP contribution < -0.4 is 5.32 Å². The highest BCUT2D eigenvalue weighted by atomic mass is 16.5. The van der Waals surface area contributed by atoms with Crippen molar-refractivity contribution in [3.05, 3.63) is 82.2 Å². The summed E-state index contributed by atoms with van der Waals surface area (Å²) in [5, 5.41) is 2.66. The molecule has 0 aliphatic rings. The van der Waals surface area contributed by atoms with Gasteiger partial charge < -0.3 is 15.0 Å². The molecule has 160 valence electrons. The summed E-state index contributed by atoms with van der Waals surface area (Å²) in [4.78, 5) is 41.2. The number of aromatic amines is 1. The second-order valence-corrected chi connectivity index (χ2v) is 7.46. The average Bonchev–Trinajstić information content (AvgIpc) is 3.10. The fourth-order valence-electron chi connectivity index (χ4n) is 3.34. The number of benzene rings is 2. The van der Waals surface area contributed by atoms with Gasteiger partial charge in [0.2, 0.25) is 0 Å². The third-order valence-corrected chi connectivity index (χ3v) is 5.01. The van der Waals surface area contributed by atoms with Crippen LogP contribution in [0.3, 0.4) is 0 Å². The van der Waals surface area contributed by atoms with Crippen molar-refractivity contribution in [3.8, 4) is 11.1 Å². The number of hydrogen-bond acceptors (Lipinski definition) is 4. The Morgan fingerprint density at radius 3 is 2.06 bits per heavy atom. The van der Waals surface area contributed by atoms with E-state index in [9.17, 15) is 14.4 Å². The SMILES string of the molecule is CCOC(=O)c1c(C)[nH]c(C(=O)C(=O)NCc2ccc(C)cc2)c1-c1ccc(C)cc1. The lowest BCUT2D eigenvalue weighted by atomic mass is 9.97. The van der Waals surface area contributed by atoms with Crippen LogP contribution in [0, 0.1) is 20.8 Å². The van der Waals surface area contributed by atoms with Crippen LogP contribution in [-0.4, -0.2) is 29.3 Å². The van der Waals surface area contributed by atoms with Crippen LogP contribution >= 0.6 is 0 Å². The molecule has 1 heterocycles. The molecule has 0 fully saturated rings. The Morgan fingerprint density at radius 2 is 1.48 bits per heavy atom. The zero-order valence-electron chi connectivity index (χ0n) is 18.2. The van der Waals surface area contributed by atoms with E-state index in [0.29, 0.717) is 16.8 Å². The summed E-state index contributed by atoms with van der Waals surface area (Å²) in [6.07, 6.45) is 0. The molecule has 6 heteroatoms. The van der Waals surface area contributed by atoms with Gasteiger partial charge in [0.05, 0.1) is 12.2 Å². The van der Waals surface area contributed by atoms with E-state index in [2.05, 4.69) is 10.3 Å². The predicted octanol–water partition coefficient (Wildman–Crippen LogP) is 4.28. The minimum Gasteiger partial charge on any atom is -0.462 e. The number of carbonyl (C=O) groups is 3. The summed E-state index contributed by atoms with van der Waals surface area (Å²) >= 11 is 0. The zero-order chi connectivity index (χ0) is 22.5. The van der Waals surface area contributed by atoms with Gasteiger partial charge in [-0.15, -0.1) is 0 Å². The van der Waals surface area contributed by atoms with E-state index in [1.165, 1.54) is 0 Å².